The fraction of sp³-hybridized carbons (Fsp3) is 0.308. The second kappa shape index (κ2) is 4.79. The molecule has 102 valence electrons. The molecule has 0 N–H and O–H groups in total. The molecule has 0 radical (unpaired) electrons. The number of sulfonamides is 1. The molecule has 1 aliphatic rings. The topological polar surface area (TPSA) is 57.7 Å². The number of nitrogens with zero attached hydrogens (tertiary/aromatic N) is 2. The van der Waals surface area contributed by atoms with Crippen LogP contribution >= 0.6 is 0 Å². The minimum atomic E-state index is -3.43. The van der Waals surface area contributed by atoms with Gasteiger partial charge < -0.3 is 4.90 Å². The summed E-state index contributed by atoms with van der Waals surface area (Å²) in [5, 5.41) is 0. The van der Waals surface area contributed by atoms with Crippen LogP contribution in [-0.2, 0) is 27.9 Å². The minimum Gasteiger partial charge on any atom is -0.331 e. The lowest BCUT2D eigenvalue weighted by Gasteiger charge is -2.12. The fourth-order valence-corrected chi connectivity index (χ4v) is 2.98. The molecule has 0 unspecified atom stereocenters. The molecule has 2 rings (SSSR count). The molecule has 0 aliphatic carbocycles. The Morgan fingerprint density at radius 3 is 2.53 bits per heavy atom. The largest absolute Gasteiger partial charge is 0.331 e. The average molecular weight is 280 g/mol. The van der Waals surface area contributed by atoms with Crippen LogP contribution in [0.5, 0.6) is 0 Å². The van der Waals surface area contributed by atoms with Crippen molar-refractivity contribution in [3.05, 3.63) is 42.0 Å². The van der Waals surface area contributed by atoms with E-state index in [4.69, 9.17) is 0 Å². The predicted octanol–water partition coefficient (Wildman–Crippen LogP) is 0.965. The maximum Gasteiger partial charge on any atom is 0.246 e. The van der Waals surface area contributed by atoms with Crippen molar-refractivity contribution in [3.63, 3.8) is 0 Å². The number of fused-ring (bicyclic) bond motifs is 1. The SMILES string of the molecule is C=CC(=O)N1Cc2ccc(S(=O)(=O)N(C)C)cc2C1. The van der Waals surface area contributed by atoms with E-state index in [0.29, 0.717) is 13.1 Å². The van der Waals surface area contributed by atoms with E-state index in [2.05, 4.69) is 6.58 Å². The molecule has 1 amide bonds. The van der Waals surface area contributed by atoms with Crippen LogP contribution in [-0.4, -0.2) is 37.6 Å². The zero-order chi connectivity index (χ0) is 14.2. The van der Waals surface area contributed by atoms with Gasteiger partial charge in [0.05, 0.1) is 4.90 Å². The van der Waals surface area contributed by atoms with E-state index in [-0.39, 0.29) is 10.8 Å². The molecule has 0 aromatic heterocycles. The van der Waals surface area contributed by atoms with Crippen LogP contribution < -0.4 is 0 Å². The third-order valence-corrected chi connectivity index (χ3v) is 4.98. The van der Waals surface area contributed by atoms with Crippen molar-refractivity contribution in [1.29, 1.82) is 0 Å². The first-order valence-corrected chi connectivity index (χ1v) is 7.26. The fourth-order valence-electron chi connectivity index (χ4n) is 2.03. The molecule has 0 saturated heterocycles. The van der Waals surface area contributed by atoms with Crippen LogP contribution in [0, 0.1) is 0 Å². The summed E-state index contributed by atoms with van der Waals surface area (Å²) in [7, 11) is -0.440. The molecule has 1 aliphatic heterocycles. The second-order valence-corrected chi connectivity index (χ2v) is 6.77. The molecular weight excluding hydrogens is 264 g/mol. The highest BCUT2D eigenvalue weighted by Gasteiger charge is 2.25. The Morgan fingerprint density at radius 2 is 1.95 bits per heavy atom. The molecule has 1 heterocycles. The normalized spacial score (nSPS) is 14.6. The summed E-state index contributed by atoms with van der Waals surface area (Å²) in [4.78, 5) is 13.4. The molecule has 19 heavy (non-hydrogen) atoms. The van der Waals surface area contributed by atoms with Crippen LogP contribution in [0.2, 0.25) is 0 Å². The van der Waals surface area contributed by atoms with Gasteiger partial charge in [-0.1, -0.05) is 12.6 Å². The van der Waals surface area contributed by atoms with Gasteiger partial charge in [-0.25, -0.2) is 12.7 Å². The van der Waals surface area contributed by atoms with Crippen molar-refractivity contribution < 1.29 is 13.2 Å². The highest BCUT2D eigenvalue weighted by molar-refractivity contribution is 7.89. The van der Waals surface area contributed by atoms with E-state index >= 15 is 0 Å². The molecule has 0 bridgehead atoms. The summed E-state index contributed by atoms with van der Waals surface area (Å²) in [5.41, 5.74) is 1.85. The van der Waals surface area contributed by atoms with Crippen molar-refractivity contribution >= 4 is 15.9 Å². The van der Waals surface area contributed by atoms with Crippen molar-refractivity contribution in [3.8, 4) is 0 Å². The van der Waals surface area contributed by atoms with Gasteiger partial charge in [0.25, 0.3) is 0 Å². The molecule has 0 atom stereocenters. The lowest BCUT2D eigenvalue weighted by molar-refractivity contribution is -0.126. The third-order valence-electron chi connectivity index (χ3n) is 3.17. The lowest BCUT2D eigenvalue weighted by Crippen LogP contribution is -2.23. The average Bonchev–Trinajstić information content (AvgIpc) is 2.80. The predicted molar refractivity (Wildman–Crippen MR) is 71.8 cm³/mol. The first-order chi connectivity index (χ1) is 8.86. The molecule has 1 aromatic rings. The Labute approximate surface area is 113 Å². The summed E-state index contributed by atoms with van der Waals surface area (Å²) in [5.74, 6) is -0.145. The first kappa shape index (κ1) is 13.8. The first-order valence-electron chi connectivity index (χ1n) is 5.82. The number of carbonyl (C=O) groups excluding carboxylic acids is 1. The summed E-state index contributed by atoms with van der Waals surface area (Å²) in [6.45, 7) is 4.38. The van der Waals surface area contributed by atoms with Crippen molar-refractivity contribution in [2.45, 2.75) is 18.0 Å². The maximum atomic E-state index is 12.0. The van der Waals surface area contributed by atoms with Crippen LogP contribution in [0.15, 0.2) is 35.7 Å². The second-order valence-electron chi connectivity index (χ2n) is 4.62. The zero-order valence-electron chi connectivity index (χ0n) is 11.0. The number of hydrogen-bond donors (Lipinski definition) is 0. The maximum absolute atomic E-state index is 12.0. The highest BCUT2D eigenvalue weighted by atomic mass is 32.2. The molecular formula is C13H16N2O3S. The van der Waals surface area contributed by atoms with Crippen molar-refractivity contribution in [1.82, 2.24) is 9.21 Å². The summed E-state index contributed by atoms with van der Waals surface area (Å²) in [6, 6.07) is 4.99. The van der Waals surface area contributed by atoms with Crippen molar-refractivity contribution in [2.75, 3.05) is 14.1 Å². The van der Waals surface area contributed by atoms with E-state index in [9.17, 15) is 13.2 Å². The Morgan fingerprint density at radius 1 is 1.32 bits per heavy atom. The van der Waals surface area contributed by atoms with Gasteiger partial charge in [0.15, 0.2) is 0 Å². The van der Waals surface area contributed by atoms with Gasteiger partial charge in [-0.2, -0.15) is 0 Å². The van der Waals surface area contributed by atoms with E-state index in [1.807, 2.05) is 0 Å². The van der Waals surface area contributed by atoms with E-state index in [1.54, 1.807) is 23.1 Å². The van der Waals surface area contributed by atoms with Gasteiger partial charge in [-0.05, 0) is 29.3 Å². The van der Waals surface area contributed by atoms with Gasteiger partial charge >= 0.3 is 0 Å². The smallest absolute Gasteiger partial charge is 0.246 e. The molecule has 0 saturated carbocycles. The molecule has 5 nitrogen and oxygen atoms in total. The zero-order valence-corrected chi connectivity index (χ0v) is 11.8. The Balaban J connectivity index is 2.35. The Bertz CT molecular complexity index is 635. The molecule has 1 aromatic carbocycles. The number of hydrogen-bond acceptors (Lipinski definition) is 3. The van der Waals surface area contributed by atoms with E-state index < -0.39 is 10.0 Å². The Kier molecular flexibility index (Phi) is 3.47. The highest BCUT2D eigenvalue weighted by Crippen LogP contribution is 2.26. The summed E-state index contributed by atoms with van der Waals surface area (Å²) < 4.78 is 25.2. The molecule has 6 heteroatoms. The van der Waals surface area contributed by atoms with Crippen LogP contribution in [0.1, 0.15) is 11.1 Å². The quantitative estimate of drug-likeness (QED) is 0.775. The molecule has 0 fully saturated rings. The number of rotatable bonds is 3. The lowest BCUT2D eigenvalue weighted by atomic mass is 10.1. The van der Waals surface area contributed by atoms with Gasteiger partial charge in [-0.3, -0.25) is 4.79 Å². The summed E-state index contributed by atoms with van der Waals surface area (Å²) >= 11 is 0. The van der Waals surface area contributed by atoms with E-state index in [1.165, 1.54) is 24.5 Å². The minimum absolute atomic E-state index is 0.145. The van der Waals surface area contributed by atoms with Crippen LogP contribution in [0.4, 0.5) is 0 Å². The van der Waals surface area contributed by atoms with Gasteiger partial charge in [0, 0.05) is 27.2 Å². The number of amides is 1. The Hall–Kier alpha value is -1.66. The van der Waals surface area contributed by atoms with Crippen LogP contribution in [0.25, 0.3) is 0 Å². The standard InChI is InChI=1S/C13H16N2O3S/c1-4-13(16)15-8-10-5-6-12(7-11(10)9-15)19(17,18)14(2)3/h4-7H,1,8-9H2,2-3H3. The monoisotopic (exact) mass is 280 g/mol. The van der Waals surface area contributed by atoms with Gasteiger partial charge in [-0.15, -0.1) is 0 Å². The summed E-state index contributed by atoms with van der Waals surface area (Å²) in [6.07, 6.45) is 1.27. The van der Waals surface area contributed by atoms with Gasteiger partial charge in [0.1, 0.15) is 0 Å². The van der Waals surface area contributed by atoms with Gasteiger partial charge in [0.2, 0.25) is 15.9 Å². The third kappa shape index (κ3) is 2.41. The number of benzene rings is 1. The molecule has 0 spiro atoms. The number of carbonyl (C=O) groups is 1. The van der Waals surface area contributed by atoms with Crippen molar-refractivity contribution in [2.24, 2.45) is 0 Å². The van der Waals surface area contributed by atoms with Crippen LogP contribution in [0.3, 0.4) is 0 Å². The van der Waals surface area contributed by atoms with E-state index in [0.717, 1.165) is 11.1 Å².